The molecule has 0 atom stereocenters. The summed E-state index contributed by atoms with van der Waals surface area (Å²) in [5.41, 5.74) is 1.96. The number of aryl methyl sites for hydroxylation is 1. The first-order valence-corrected chi connectivity index (χ1v) is 7.47. The standard InChI is InChI=1S/C16H24N2O2/c1-2-14-5-3-6-15(13-14)16(19)17-7-4-8-18-9-11-20-12-10-18/h3,5-6,13H,2,4,7-12H2,1H3,(H,17,19). The lowest BCUT2D eigenvalue weighted by Gasteiger charge is -2.26. The number of rotatable bonds is 6. The highest BCUT2D eigenvalue weighted by Gasteiger charge is 2.10. The molecule has 1 amide bonds. The van der Waals surface area contributed by atoms with Gasteiger partial charge in [-0.15, -0.1) is 0 Å². The minimum atomic E-state index is 0.0299. The molecule has 0 aromatic heterocycles. The van der Waals surface area contributed by atoms with Gasteiger partial charge in [-0.1, -0.05) is 19.1 Å². The second-order valence-corrected chi connectivity index (χ2v) is 5.12. The van der Waals surface area contributed by atoms with Crippen LogP contribution in [0.4, 0.5) is 0 Å². The molecule has 1 saturated heterocycles. The van der Waals surface area contributed by atoms with E-state index >= 15 is 0 Å². The Morgan fingerprint density at radius 1 is 1.35 bits per heavy atom. The second kappa shape index (κ2) is 8.02. The zero-order valence-corrected chi connectivity index (χ0v) is 12.2. The Labute approximate surface area is 121 Å². The lowest BCUT2D eigenvalue weighted by molar-refractivity contribution is 0.0374. The maximum absolute atomic E-state index is 12.0. The lowest BCUT2D eigenvalue weighted by Crippen LogP contribution is -2.38. The van der Waals surface area contributed by atoms with Gasteiger partial charge in [0, 0.05) is 25.2 Å². The largest absolute Gasteiger partial charge is 0.379 e. The summed E-state index contributed by atoms with van der Waals surface area (Å²) in [6, 6.07) is 7.84. The highest BCUT2D eigenvalue weighted by molar-refractivity contribution is 5.94. The first kappa shape index (κ1) is 15.0. The number of nitrogens with zero attached hydrogens (tertiary/aromatic N) is 1. The molecule has 0 unspecified atom stereocenters. The monoisotopic (exact) mass is 276 g/mol. The summed E-state index contributed by atoms with van der Waals surface area (Å²) in [5.74, 6) is 0.0299. The zero-order chi connectivity index (χ0) is 14.2. The summed E-state index contributed by atoms with van der Waals surface area (Å²) in [5, 5.41) is 2.99. The summed E-state index contributed by atoms with van der Waals surface area (Å²) in [6.45, 7) is 7.52. The predicted molar refractivity (Wildman–Crippen MR) is 80.0 cm³/mol. The SMILES string of the molecule is CCc1cccc(C(=O)NCCCN2CCOCC2)c1. The van der Waals surface area contributed by atoms with Gasteiger partial charge in [0.25, 0.3) is 5.91 Å². The van der Waals surface area contributed by atoms with E-state index in [1.165, 1.54) is 5.56 Å². The topological polar surface area (TPSA) is 41.6 Å². The molecule has 0 spiro atoms. The van der Waals surface area contributed by atoms with Crippen LogP contribution in [0.15, 0.2) is 24.3 Å². The molecule has 2 rings (SSSR count). The lowest BCUT2D eigenvalue weighted by atomic mass is 10.1. The Balaban J connectivity index is 1.69. The van der Waals surface area contributed by atoms with E-state index in [2.05, 4.69) is 23.2 Å². The number of benzene rings is 1. The van der Waals surface area contributed by atoms with E-state index in [-0.39, 0.29) is 5.91 Å². The molecular formula is C16H24N2O2. The van der Waals surface area contributed by atoms with Crippen molar-refractivity contribution in [3.8, 4) is 0 Å². The Morgan fingerprint density at radius 2 is 2.15 bits per heavy atom. The molecular weight excluding hydrogens is 252 g/mol. The van der Waals surface area contributed by atoms with E-state index in [9.17, 15) is 4.79 Å². The molecule has 0 bridgehead atoms. The molecule has 110 valence electrons. The molecule has 20 heavy (non-hydrogen) atoms. The fourth-order valence-electron chi connectivity index (χ4n) is 2.36. The van der Waals surface area contributed by atoms with Crippen LogP contribution in [0.3, 0.4) is 0 Å². The summed E-state index contributed by atoms with van der Waals surface area (Å²) >= 11 is 0. The Hall–Kier alpha value is -1.39. The highest BCUT2D eigenvalue weighted by atomic mass is 16.5. The Bertz CT molecular complexity index is 428. The number of carbonyl (C=O) groups is 1. The molecule has 4 heteroatoms. The van der Waals surface area contributed by atoms with Crippen molar-refractivity contribution in [2.75, 3.05) is 39.4 Å². The van der Waals surface area contributed by atoms with Crippen molar-refractivity contribution in [1.29, 1.82) is 0 Å². The molecule has 0 radical (unpaired) electrons. The van der Waals surface area contributed by atoms with Gasteiger partial charge >= 0.3 is 0 Å². The maximum Gasteiger partial charge on any atom is 0.251 e. The van der Waals surface area contributed by atoms with Crippen molar-refractivity contribution >= 4 is 5.91 Å². The van der Waals surface area contributed by atoms with Crippen molar-refractivity contribution in [2.45, 2.75) is 19.8 Å². The van der Waals surface area contributed by atoms with Crippen LogP contribution in [0.25, 0.3) is 0 Å². The van der Waals surface area contributed by atoms with Crippen molar-refractivity contribution in [2.24, 2.45) is 0 Å². The Kier molecular flexibility index (Phi) is 6.02. The van der Waals surface area contributed by atoms with Crippen molar-refractivity contribution in [3.63, 3.8) is 0 Å². The molecule has 0 aliphatic carbocycles. The van der Waals surface area contributed by atoms with Gasteiger partial charge < -0.3 is 10.1 Å². The second-order valence-electron chi connectivity index (χ2n) is 5.12. The summed E-state index contributed by atoms with van der Waals surface area (Å²) in [6.07, 6.45) is 1.94. The van der Waals surface area contributed by atoms with Gasteiger partial charge in [-0.05, 0) is 37.1 Å². The van der Waals surface area contributed by atoms with Crippen LogP contribution in [0.1, 0.15) is 29.3 Å². The van der Waals surface area contributed by atoms with Crippen LogP contribution in [-0.4, -0.2) is 50.2 Å². The summed E-state index contributed by atoms with van der Waals surface area (Å²) < 4.78 is 5.31. The van der Waals surface area contributed by atoms with Crippen LogP contribution in [0.5, 0.6) is 0 Å². The van der Waals surface area contributed by atoms with Gasteiger partial charge in [-0.2, -0.15) is 0 Å². The molecule has 1 fully saturated rings. The average molecular weight is 276 g/mol. The van der Waals surface area contributed by atoms with Gasteiger partial charge in [0.1, 0.15) is 0 Å². The van der Waals surface area contributed by atoms with E-state index in [4.69, 9.17) is 4.74 Å². The first-order valence-electron chi connectivity index (χ1n) is 7.47. The smallest absolute Gasteiger partial charge is 0.251 e. The minimum Gasteiger partial charge on any atom is -0.379 e. The average Bonchev–Trinajstić information content (AvgIpc) is 2.52. The number of morpholine rings is 1. The minimum absolute atomic E-state index is 0.0299. The quantitative estimate of drug-likeness (QED) is 0.804. The van der Waals surface area contributed by atoms with E-state index in [0.717, 1.165) is 57.8 Å². The third kappa shape index (κ3) is 4.62. The van der Waals surface area contributed by atoms with Crippen LogP contribution < -0.4 is 5.32 Å². The molecule has 0 saturated carbocycles. The third-order valence-corrected chi connectivity index (χ3v) is 3.64. The third-order valence-electron chi connectivity index (χ3n) is 3.64. The predicted octanol–water partition coefficient (Wildman–Crippen LogP) is 1.70. The van der Waals surface area contributed by atoms with Crippen molar-refractivity contribution in [1.82, 2.24) is 10.2 Å². The van der Waals surface area contributed by atoms with Crippen molar-refractivity contribution in [3.05, 3.63) is 35.4 Å². The Morgan fingerprint density at radius 3 is 2.90 bits per heavy atom. The molecule has 1 heterocycles. The van der Waals surface area contributed by atoms with E-state index in [1.54, 1.807) is 0 Å². The summed E-state index contributed by atoms with van der Waals surface area (Å²) in [4.78, 5) is 14.4. The number of nitrogens with one attached hydrogen (secondary N) is 1. The zero-order valence-electron chi connectivity index (χ0n) is 12.2. The number of amides is 1. The molecule has 4 nitrogen and oxygen atoms in total. The number of hydrogen-bond donors (Lipinski definition) is 1. The van der Waals surface area contributed by atoms with Gasteiger partial charge in [0.2, 0.25) is 0 Å². The van der Waals surface area contributed by atoms with Gasteiger partial charge in [-0.3, -0.25) is 9.69 Å². The molecule has 1 aromatic carbocycles. The van der Waals surface area contributed by atoms with Crippen LogP contribution in [0.2, 0.25) is 0 Å². The normalized spacial score (nSPS) is 16.1. The molecule has 1 aromatic rings. The van der Waals surface area contributed by atoms with Gasteiger partial charge in [0.05, 0.1) is 13.2 Å². The van der Waals surface area contributed by atoms with E-state index < -0.39 is 0 Å². The fourth-order valence-corrected chi connectivity index (χ4v) is 2.36. The highest BCUT2D eigenvalue weighted by Crippen LogP contribution is 2.06. The van der Waals surface area contributed by atoms with Crippen LogP contribution in [-0.2, 0) is 11.2 Å². The molecule has 1 N–H and O–H groups in total. The van der Waals surface area contributed by atoms with Crippen LogP contribution in [0, 0.1) is 0 Å². The number of hydrogen-bond acceptors (Lipinski definition) is 3. The first-order chi connectivity index (χ1) is 9.79. The van der Waals surface area contributed by atoms with E-state index in [0.29, 0.717) is 0 Å². The van der Waals surface area contributed by atoms with E-state index in [1.807, 2.05) is 18.2 Å². The van der Waals surface area contributed by atoms with Gasteiger partial charge in [0.15, 0.2) is 0 Å². The molecule has 1 aliphatic heterocycles. The number of carbonyl (C=O) groups excluding carboxylic acids is 1. The summed E-state index contributed by atoms with van der Waals surface area (Å²) in [7, 11) is 0. The fraction of sp³-hybridized carbons (Fsp3) is 0.562. The van der Waals surface area contributed by atoms with Crippen molar-refractivity contribution < 1.29 is 9.53 Å². The van der Waals surface area contributed by atoms with Crippen LogP contribution >= 0.6 is 0 Å². The maximum atomic E-state index is 12.0. The molecule has 1 aliphatic rings. The van der Waals surface area contributed by atoms with Gasteiger partial charge in [-0.25, -0.2) is 0 Å². The number of ether oxygens (including phenoxy) is 1.